The van der Waals surface area contributed by atoms with Crippen molar-refractivity contribution in [2.45, 2.75) is 36.1 Å². The first-order chi connectivity index (χ1) is 12.8. The monoisotopic (exact) mass is 402 g/mol. The molecule has 0 bridgehead atoms. The molecule has 1 aliphatic heterocycles. The predicted molar refractivity (Wildman–Crippen MR) is 90.8 cm³/mol. The molecular weight excluding hydrogens is 386 g/mol. The quantitative estimate of drug-likeness (QED) is 0.559. The maximum absolute atomic E-state index is 12.7. The first-order valence-corrected chi connectivity index (χ1v) is 9.53. The first kappa shape index (κ1) is 19.2. The Bertz CT molecular complexity index is 941. The van der Waals surface area contributed by atoms with Crippen molar-refractivity contribution in [3.63, 3.8) is 0 Å². The van der Waals surface area contributed by atoms with Gasteiger partial charge in [-0.1, -0.05) is 0 Å². The Morgan fingerprint density at radius 3 is 2.85 bits per heavy atom. The fourth-order valence-corrected chi connectivity index (χ4v) is 3.47. The molecule has 146 valence electrons. The van der Waals surface area contributed by atoms with E-state index < -0.39 is 31.1 Å². The van der Waals surface area contributed by atoms with E-state index in [0.717, 1.165) is 25.0 Å². The van der Waals surface area contributed by atoms with Gasteiger partial charge >= 0.3 is 5.76 Å². The van der Waals surface area contributed by atoms with Gasteiger partial charge in [-0.05, 0) is 25.0 Å². The maximum Gasteiger partial charge on any atom is 0.341 e. The average Bonchev–Trinajstić information content (AvgIpc) is 3.27. The minimum Gasteiger partial charge on any atom is -0.376 e. The zero-order valence-corrected chi connectivity index (χ0v) is 14.7. The van der Waals surface area contributed by atoms with E-state index in [1.54, 1.807) is 10.9 Å². The lowest BCUT2D eigenvalue weighted by Crippen LogP contribution is -2.15. The summed E-state index contributed by atoms with van der Waals surface area (Å²) in [5.74, 6) is -3.66. The molecule has 2 aromatic rings. The number of nitro groups is 1. The average molecular weight is 402 g/mol. The Morgan fingerprint density at radius 2 is 2.22 bits per heavy atom. The summed E-state index contributed by atoms with van der Waals surface area (Å²) in [4.78, 5) is 9.58. The van der Waals surface area contributed by atoms with Crippen LogP contribution in [0.3, 0.4) is 0 Å². The second kappa shape index (κ2) is 7.56. The molecule has 0 aliphatic carbocycles. The van der Waals surface area contributed by atoms with Gasteiger partial charge < -0.3 is 10.1 Å². The topological polar surface area (TPSA) is 116 Å². The Kier molecular flexibility index (Phi) is 5.37. The van der Waals surface area contributed by atoms with Gasteiger partial charge in [0.15, 0.2) is 0 Å². The summed E-state index contributed by atoms with van der Waals surface area (Å²) in [5, 5.41) is 18.1. The molecule has 1 fully saturated rings. The first-order valence-electron chi connectivity index (χ1n) is 7.99. The Balaban J connectivity index is 1.82. The van der Waals surface area contributed by atoms with Crippen molar-refractivity contribution in [2.75, 3.05) is 11.9 Å². The lowest BCUT2D eigenvalue weighted by atomic mass is 10.2. The fraction of sp³-hybridized carbons (Fsp3) is 0.400. The molecule has 1 aliphatic rings. The van der Waals surface area contributed by atoms with Crippen LogP contribution in [-0.2, 0) is 21.1 Å². The number of rotatable bonds is 7. The summed E-state index contributed by atoms with van der Waals surface area (Å²) in [7, 11) is -4.93. The van der Waals surface area contributed by atoms with E-state index in [9.17, 15) is 27.3 Å². The third-order valence-electron chi connectivity index (χ3n) is 4.06. The van der Waals surface area contributed by atoms with Gasteiger partial charge in [0.05, 0.1) is 34.4 Å². The van der Waals surface area contributed by atoms with Crippen molar-refractivity contribution in [1.82, 2.24) is 9.78 Å². The molecule has 0 radical (unpaired) electrons. The van der Waals surface area contributed by atoms with Crippen LogP contribution in [0.4, 0.5) is 25.8 Å². The zero-order valence-electron chi connectivity index (χ0n) is 13.9. The highest BCUT2D eigenvalue weighted by molar-refractivity contribution is 7.91. The second-order valence-corrected chi connectivity index (χ2v) is 7.87. The summed E-state index contributed by atoms with van der Waals surface area (Å²) in [6.45, 7) is 1.24. The van der Waals surface area contributed by atoms with Crippen molar-refractivity contribution < 1.29 is 26.9 Å². The number of nitrogens with one attached hydrogen (secondary N) is 1. The molecule has 1 unspecified atom stereocenters. The maximum atomic E-state index is 12.7. The van der Waals surface area contributed by atoms with Gasteiger partial charge in [0.25, 0.3) is 5.69 Å². The lowest BCUT2D eigenvalue weighted by Gasteiger charge is -2.09. The van der Waals surface area contributed by atoms with E-state index in [1.807, 2.05) is 0 Å². The number of anilines is 2. The number of aromatic nitrogens is 2. The van der Waals surface area contributed by atoms with Crippen LogP contribution in [0.15, 0.2) is 35.5 Å². The summed E-state index contributed by atoms with van der Waals surface area (Å²) in [6, 6.07) is 2.58. The number of hydrogen-bond donors (Lipinski definition) is 1. The van der Waals surface area contributed by atoms with Crippen LogP contribution < -0.4 is 5.32 Å². The largest absolute Gasteiger partial charge is 0.376 e. The van der Waals surface area contributed by atoms with Gasteiger partial charge in [-0.2, -0.15) is 13.9 Å². The number of sulfone groups is 1. The van der Waals surface area contributed by atoms with E-state index in [0.29, 0.717) is 24.9 Å². The van der Waals surface area contributed by atoms with Crippen molar-refractivity contribution in [1.29, 1.82) is 0 Å². The molecule has 0 spiro atoms. The van der Waals surface area contributed by atoms with E-state index in [-0.39, 0.29) is 11.8 Å². The Hall–Kier alpha value is -2.60. The van der Waals surface area contributed by atoms with Gasteiger partial charge in [0, 0.05) is 18.9 Å². The van der Waals surface area contributed by atoms with Crippen LogP contribution in [0, 0.1) is 10.1 Å². The molecule has 1 N–H and O–H groups in total. The third-order valence-corrected chi connectivity index (χ3v) is 5.44. The highest BCUT2D eigenvalue weighted by atomic mass is 32.2. The smallest absolute Gasteiger partial charge is 0.341 e. The second-order valence-electron chi connectivity index (χ2n) is 5.95. The molecule has 2 heterocycles. The van der Waals surface area contributed by atoms with E-state index in [1.165, 1.54) is 6.20 Å². The van der Waals surface area contributed by atoms with Gasteiger partial charge in [0.2, 0.25) is 9.84 Å². The van der Waals surface area contributed by atoms with Crippen molar-refractivity contribution in [2.24, 2.45) is 0 Å². The number of hydrogen-bond acceptors (Lipinski definition) is 7. The molecule has 27 heavy (non-hydrogen) atoms. The molecule has 12 heteroatoms. The molecule has 0 amide bonds. The number of benzene rings is 1. The van der Waals surface area contributed by atoms with Crippen molar-refractivity contribution in [3.05, 3.63) is 40.7 Å². The fourth-order valence-electron chi connectivity index (χ4n) is 2.73. The van der Waals surface area contributed by atoms with E-state index >= 15 is 0 Å². The number of ether oxygens (including phenoxy) is 1. The van der Waals surface area contributed by atoms with Crippen LogP contribution in [0.2, 0.25) is 0 Å². The number of halogens is 2. The molecular formula is C15H16F2N4O5S. The van der Waals surface area contributed by atoms with Gasteiger partial charge in [-0.3, -0.25) is 14.8 Å². The summed E-state index contributed by atoms with van der Waals surface area (Å²) >= 11 is 0. The molecule has 3 rings (SSSR count). The minimum atomic E-state index is -4.93. The van der Waals surface area contributed by atoms with Crippen LogP contribution >= 0.6 is 0 Å². The number of nitro benzene ring substituents is 1. The highest BCUT2D eigenvalue weighted by Gasteiger charge is 2.29. The highest BCUT2D eigenvalue weighted by Crippen LogP contribution is 2.31. The molecule has 1 aromatic heterocycles. The summed E-state index contributed by atoms with van der Waals surface area (Å²) in [6.07, 6.45) is 5.04. The Labute approximate surface area is 153 Å². The molecule has 1 aromatic carbocycles. The zero-order chi connectivity index (χ0) is 19.6. The molecule has 1 atom stereocenters. The molecule has 9 nitrogen and oxygen atoms in total. The van der Waals surface area contributed by atoms with Crippen molar-refractivity contribution >= 4 is 26.9 Å². The van der Waals surface area contributed by atoms with Crippen LogP contribution in [-0.4, -0.2) is 41.6 Å². The predicted octanol–water partition coefficient (Wildman–Crippen LogP) is 2.71. The number of alkyl halides is 2. The molecule has 1 saturated heterocycles. The van der Waals surface area contributed by atoms with E-state index in [2.05, 4.69) is 10.4 Å². The normalized spacial score (nSPS) is 17.4. The van der Waals surface area contributed by atoms with Crippen LogP contribution in [0.5, 0.6) is 0 Å². The van der Waals surface area contributed by atoms with Crippen molar-refractivity contribution in [3.8, 4) is 0 Å². The Morgan fingerprint density at radius 1 is 1.44 bits per heavy atom. The van der Waals surface area contributed by atoms with Gasteiger partial charge in [-0.15, -0.1) is 0 Å². The number of nitrogens with zero attached hydrogens (tertiary/aromatic N) is 3. The minimum absolute atomic E-state index is 0.0371. The van der Waals surface area contributed by atoms with Crippen LogP contribution in [0.25, 0.3) is 0 Å². The van der Waals surface area contributed by atoms with Gasteiger partial charge in [-0.25, -0.2) is 8.42 Å². The SMILES string of the molecule is O=[N+]([O-])c1cc(S(=O)(=O)C(F)F)ccc1Nc1cnn(CC2CCCO2)c1. The standard InChI is InChI=1S/C15H16F2N4O5S/c16-15(17)27(24,25)12-3-4-13(14(6-12)21(22)23)19-10-7-18-20(8-10)9-11-2-1-5-26-11/h3-4,6-8,11,15,19H,1-2,5,9H2. The lowest BCUT2D eigenvalue weighted by molar-refractivity contribution is -0.384. The molecule has 0 saturated carbocycles. The van der Waals surface area contributed by atoms with E-state index in [4.69, 9.17) is 4.74 Å². The third kappa shape index (κ3) is 4.22. The summed E-state index contributed by atoms with van der Waals surface area (Å²) < 4.78 is 55.5. The van der Waals surface area contributed by atoms with Crippen LogP contribution in [0.1, 0.15) is 12.8 Å². The van der Waals surface area contributed by atoms with Gasteiger partial charge in [0.1, 0.15) is 5.69 Å². The summed E-state index contributed by atoms with van der Waals surface area (Å²) in [5.41, 5.74) is -0.242.